The average molecular weight is 330 g/mol. The summed E-state index contributed by atoms with van der Waals surface area (Å²) in [4.78, 5) is 7.50. The number of fused-ring (bicyclic) bond motifs is 1. The fourth-order valence-electron chi connectivity index (χ4n) is 2.96. The molecule has 0 unspecified atom stereocenters. The second kappa shape index (κ2) is 6.28. The van der Waals surface area contributed by atoms with Crippen LogP contribution in [-0.2, 0) is 6.54 Å². The fourth-order valence-corrected chi connectivity index (χ4v) is 2.96. The van der Waals surface area contributed by atoms with Crippen LogP contribution in [0.25, 0.3) is 22.0 Å². The highest BCUT2D eigenvalue weighted by atomic mass is 16.3. The summed E-state index contributed by atoms with van der Waals surface area (Å²) in [5.41, 5.74) is 3.80. The zero-order valence-corrected chi connectivity index (χ0v) is 13.8. The molecule has 0 aliphatic heterocycles. The van der Waals surface area contributed by atoms with Gasteiger partial charge in [-0.2, -0.15) is 5.10 Å². The van der Waals surface area contributed by atoms with Gasteiger partial charge in [-0.25, -0.2) is 9.67 Å². The number of nitrogens with one attached hydrogen (secondary N) is 1. The molecule has 5 heteroatoms. The second-order valence-corrected chi connectivity index (χ2v) is 5.78. The molecule has 4 rings (SSSR count). The Morgan fingerprint density at radius 2 is 1.96 bits per heavy atom. The van der Waals surface area contributed by atoms with Gasteiger partial charge in [-0.15, -0.1) is 0 Å². The van der Waals surface area contributed by atoms with Gasteiger partial charge in [-0.1, -0.05) is 42.5 Å². The van der Waals surface area contributed by atoms with Crippen LogP contribution in [0.2, 0.25) is 0 Å². The van der Waals surface area contributed by atoms with Gasteiger partial charge in [0, 0.05) is 29.7 Å². The van der Waals surface area contributed by atoms with Gasteiger partial charge in [0.1, 0.15) is 5.82 Å². The van der Waals surface area contributed by atoms with Crippen molar-refractivity contribution in [3.8, 4) is 17.0 Å². The van der Waals surface area contributed by atoms with E-state index in [1.165, 1.54) is 0 Å². The molecule has 25 heavy (non-hydrogen) atoms. The van der Waals surface area contributed by atoms with Crippen molar-refractivity contribution < 1.29 is 5.11 Å². The summed E-state index contributed by atoms with van der Waals surface area (Å²) in [6.07, 6.45) is 3.40. The van der Waals surface area contributed by atoms with Crippen LogP contribution in [0, 0.1) is 0 Å². The molecule has 2 heterocycles. The van der Waals surface area contributed by atoms with E-state index >= 15 is 0 Å². The van der Waals surface area contributed by atoms with Crippen LogP contribution in [0.4, 0.5) is 5.82 Å². The third kappa shape index (κ3) is 2.80. The number of H-pyrrole nitrogens is 1. The van der Waals surface area contributed by atoms with Crippen LogP contribution in [0.3, 0.4) is 0 Å². The topological polar surface area (TPSA) is 66.2 Å². The van der Waals surface area contributed by atoms with Gasteiger partial charge >= 0.3 is 0 Å². The van der Waals surface area contributed by atoms with Crippen molar-refractivity contribution in [2.45, 2.75) is 13.5 Å². The first-order valence-corrected chi connectivity index (χ1v) is 8.22. The standard InChI is InChI=1S/C20H18N4O/c1-2-24-19(10-11-22-24)21-13-17-16-9-8-15(12-18(16)23-20(17)25)14-6-4-3-5-7-14/h3-13,23,25H,2H2,1H3/b21-13+. The maximum atomic E-state index is 10.3. The number of benzene rings is 2. The molecule has 4 aromatic rings. The minimum Gasteiger partial charge on any atom is -0.494 e. The lowest BCUT2D eigenvalue weighted by molar-refractivity contribution is 0.457. The predicted octanol–water partition coefficient (Wildman–Crippen LogP) is 4.51. The first-order chi connectivity index (χ1) is 12.3. The molecule has 0 aliphatic carbocycles. The van der Waals surface area contributed by atoms with E-state index in [2.05, 4.69) is 33.3 Å². The van der Waals surface area contributed by atoms with Crippen LogP contribution in [0.5, 0.6) is 5.88 Å². The van der Waals surface area contributed by atoms with E-state index in [-0.39, 0.29) is 5.88 Å². The Bertz CT molecular complexity index is 1040. The number of aromatic hydroxyl groups is 1. The number of aliphatic imine (C=N–C) groups is 1. The molecule has 0 saturated carbocycles. The Morgan fingerprint density at radius 1 is 1.12 bits per heavy atom. The number of nitrogens with zero attached hydrogens (tertiary/aromatic N) is 3. The Morgan fingerprint density at radius 3 is 2.76 bits per heavy atom. The van der Waals surface area contributed by atoms with Gasteiger partial charge in [-0.05, 0) is 24.1 Å². The number of hydrogen-bond acceptors (Lipinski definition) is 3. The number of hydrogen-bond donors (Lipinski definition) is 2. The van der Waals surface area contributed by atoms with Crippen molar-refractivity contribution in [2.24, 2.45) is 4.99 Å². The summed E-state index contributed by atoms with van der Waals surface area (Å²) in [5, 5.41) is 15.4. The minimum absolute atomic E-state index is 0.117. The van der Waals surface area contributed by atoms with E-state index in [0.717, 1.165) is 34.4 Å². The molecule has 0 amide bonds. The highest BCUT2D eigenvalue weighted by molar-refractivity contribution is 6.03. The lowest BCUT2D eigenvalue weighted by Gasteiger charge is -2.01. The van der Waals surface area contributed by atoms with Gasteiger partial charge in [0.2, 0.25) is 0 Å². The number of rotatable bonds is 4. The van der Waals surface area contributed by atoms with Crippen LogP contribution in [0.15, 0.2) is 65.8 Å². The Labute approximate surface area is 145 Å². The molecule has 2 aromatic carbocycles. The molecule has 0 spiro atoms. The smallest absolute Gasteiger partial charge is 0.198 e. The van der Waals surface area contributed by atoms with Crippen molar-refractivity contribution in [3.63, 3.8) is 0 Å². The highest BCUT2D eigenvalue weighted by Crippen LogP contribution is 2.30. The van der Waals surface area contributed by atoms with Crippen LogP contribution in [-0.4, -0.2) is 26.1 Å². The van der Waals surface area contributed by atoms with Gasteiger partial charge in [0.15, 0.2) is 5.88 Å². The van der Waals surface area contributed by atoms with Crippen molar-refractivity contribution in [1.29, 1.82) is 0 Å². The summed E-state index contributed by atoms with van der Waals surface area (Å²) < 4.78 is 1.80. The summed E-state index contributed by atoms with van der Waals surface area (Å²) in [7, 11) is 0. The van der Waals surface area contributed by atoms with E-state index in [0.29, 0.717) is 5.56 Å². The maximum absolute atomic E-state index is 10.3. The maximum Gasteiger partial charge on any atom is 0.198 e. The molecular formula is C20H18N4O. The van der Waals surface area contributed by atoms with Crippen LogP contribution >= 0.6 is 0 Å². The van der Waals surface area contributed by atoms with Crippen LogP contribution in [0.1, 0.15) is 12.5 Å². The van der Waals surface area contributed by atoms with Gasteiger partial charge in [-0.3, -0.25) is 0 Å². The zero-order valence-electron chi connectivity index (χ0n) is 13.8. The van der Waals surface area contributed by atoms with Gasteiger partial charge in [0.25, 0.3) is 0 Å². The molecule has 0 fully saturated rings. The molecule has 0 saturated heterocycles. The number of aromatic amines is 1. The molecule has 124 valence electrons. The average Bonchev–Trinajstić information content (AvgIpc) is 3.23. The molecule has 0 radical (unpaired) electrons. The van der Waals surface area contributed by atoms with E-state index < -0.39 is 0 Å². The van der Waals surface area contributed by atoms with Crippen molar-refractivity contribution in [3.05, 3.63) is 66.4 Å². The van der Waals surface area contributed by atoms with E-state index in [9.17, 15) is 5.11 Å². The normalized spacial score (nSPS) is 11.6. The van der Waals surface area contributed by atoms with E-state index in [1.807, 2.05) is 43.3 Å². The molecule has 2 aromatic heterocycles. The Hall–Kier alpha value is -3.34. The molecule has 0 bridgehead atoms. The van der Waals surface area contributed by atoms with E-state index in [1.54, 1.807) is 17.1 Å². The zero-order chi connectivity index (χ0) is 17.2. The van der Waals surface area contributed by atoms with E-state index in [4.69, 9.17) is 0 Å². The van der Waals surface area contributed by atoms with Crippen molar-refractivity contribution in [2.75, 3.05) is 0 Å². The Balaban J connectivity index is 1.74. The Kier molecular flexibility index (Phi) is 3.82. The van der Waals surface area contributed by atoms with Crippen molar-refractivity contribution >= 4 is 22.9 Å². The predicted molar refractivity (Wildman–Crippen MR) is 101 cm³/mol. The molecule has 0 aliphatic rings. The third-order valence-corrected chi connectivity index (χ3v) is 4.24. The quantitative estimate of drug-likeness (QED) is 0.541. The van der Waals surface area contributed by atoms with Gasteiger partial charge in [0.05, 0.1) is 11.8 Å². The molecule has 2 N–H and O–H groups in total. The molecular weight excluding hydrogens is 312 g/mol. The van der Waals surface area contributed by atoms with Gasteiger partial charge < -0.3 is 10.1 Å². The fraction of sp³-hybridized carbons (Fsp3) is 0.100. The number of aryl methyl sites for hydroxylation is 1. The minimum atomic E-state index is 0.117. The third-order valence-electron chi connectivity index (χ3n) is 4.24. The SMILES string of the molecule is CCn1nccc1/N=C/c1c(O)[nH]c2cc(-c3ccccc3)ccc12. The first kappa shape index (κ1) is 15.2. The first-order valence-electron chi connectivity index (χ1n) is 8.22. The summed E-state index contributed by atoms with van der Waals surface area (Å²) in [5.74, 6) is 0.878. The monoisotopic (exact) mass is 330 g/mol. The molecule has 0 atom stereocenters. The highest BCUT2D eigenvalue weighted by Gasteiger charge is 2.10. The number of aromatic nitrogens is 3. The summed E-state index contributed by atoms with van der Waals surface area (Å²) in [6.45, 7) is 2.76. The van der Waals surface area contributed by atoms with Crippen LogP contribution < -0.4 is 0 Å². The lowest BCUT2D eigenvalue weighted by Crippen LogP contribution is -1.94. The second-order valence-electron chi connectivity index (χ2n) is 5.78. The lowest BCUT2D eigenvalue weighted by atomic mass is 10.0. The van der Waals surface area contributed by atoms with Crippen molar-refractivity contribution in [1.82, 2.24) is 14.8 Å². The molecule has 5 nitrogen and oxygen atoms in total. The summed E-state index contributed by atoms with van der Waals surface area (Å²) >= 11 is 0. The largest absolute Gasteiger partial charge is 0.494 e. The summed E-state index contributed by atoms with van der Waals surface area (Å²) in [6, 6.07) is 18.1.